The zero-order chi connectivity index (χ0) is 14.7. The van der Waals surface area contributed by atoms with Crippen LogP contribution in [-0.4, -0.2) is 31.1 Å². The van der Waals surface area contributed by atoms with Crippen molar-refractivity contribution in [3.05, 3.63) is 40.9 Å². The Balaban J connectivity index is 1.55. The lowest BCUT2D eigenvalue weighted by Crippen LogP contribution is -2.34. The van der Waals surface area contributed by atoms with Crippen molar-refractivity contribution in [2.45, 2.75) is 6.42 Å². The van der Waals surface area contributed by atoms with Crippen LogP contribution in [0.3, 0.4) is 0 Å². The maximum Gasteiger partial charge on any atom is 0.270 e. The molecule has 6 heteroatoms. The van der Waals surface area contributed by atoms with E-state index in [1.165, 1.54) is 16.9 Å². The van der Waals surface area contributed by atoms with Crippen molar-refractivity contribution < 1.29 is 9.53 Å². The highest BCUT2D eigenvalue weighted by Gasteiger charge is 2.20. The van der Waals surface area contributed by atoms with Gasteiger partial charge in [-0.3, -0.25) is 4.79 Å². The number of aromatic nitrogens is 1. The Morgan fingerprint density at radius 2 is 2.33 bits per heavy atom. The van der Waals surface area contributed by atoms with Crippen molar-refractivity contribution in [1.29, 1.82) is 0 Å². The molecule has 0 aliphatic carbocycles. The second kappa shape index (κ2) is 6.13. The normalized spacial score (nSPS) is 16.7. The van der Waals surface area contributed by atoms with E-state index in [1.807, 2.05) is 18.2 Å². The molecule has 0 fully saturated rings. The number of benzene rings is 1. The van der Waals surface area contributed by atoms with Gasteiger partial charge in [-0.05, 0) is 18.1 Å². The van der Waals surface area contributed by atoms with Gasteiger partial charge in [0.05, 0.1) is 6.61 Å². The Labute approximate surface area is 127 Å². The molecule has 1 aromatic heterocycles. The number of carbonyl (C=O) groups is 1. The molecule has 0 radical (unpaired) electrons. The number of para-hydroxylation sites is 1. The standard InChI is InChI=1S/C15H17N3O2S/c1-16-15-18-12(9-21-15)14(19)17-7-10-6-11-4-2-3-5-13(11)20-8-10/h2-5,9-10H,6-8H2,1H3,(H,16,18)(H,17,19)/t10-/m0/s1. The van der Waals surface area contributed by atoms with E-state index in [9.17, 15) is 4.79 Å². The highest BCUT2D eigenvalue weighted by molar-refractivity contribution is 7.13. The van der Waals surface area contributed by atoms with Crippen LogP contribution >= 0.6 is 11.3 Å². The van der Waals surface area contributed by atoms with Gasteiger partial charge in [0.1, 0.15) is 11.4 Å². The fourth-order valence-corrected chi connectivity index (χ4v) is 2.99. The summed E-state index contributed by atoms with van der Waals surface area (Å²) in [5.74, 6) is 1.12. The SMILES string of the molecule is CNc1nc(C(=O)NC[C@H]2COc3ccccc3C2)cs1. The number of anilines is 1. The maximum atomic E-state index is 12.0. The Kier molecular flexibility index (Phi) is 4.06. The van der Waals surface area contributed by atoms with Crippen molar-refractivity contribution in [2.24, 2.45) is 5.92 Å². The van der Waals surface area contributed by atoms with Gasteiger partial charge >= 0.3 is 0 Å². The van der Waals surface area contributed by atoms with Gasteiger partial charge in [-0.1, -0.05) is 18.2 Å². The summed E-state index contributed by atoms with van der Waals surface area (Å²) in [5, 5.41) is 8.36. The van der Waals surface area contributed by atoms with Gasteiger partial charge in [0.2, 0.25) is 0 Å². The number of nitrogens with one attached hydrogen (secondary N) is 2. The number of hydrogen-bond acceptors (Lipinski definition) is 5. The number of carbonyl (C=O) groups excluding carboxylic acids is 1. The van der Waals surface area contributed by atoms with E-state index in [0.717, 1.165) is 17.3 Å². The average Bonchev–Trinajstić information content (AvgIpc) is 3.01. The second-order valence-corrected chi connectivity index (χ2v) is 5.84. The van der Waals surface area contributed by atoms with Crippen LogP contribution in [0.15, 0.2) is 29.6 Å². The molecule has 0 spiro atoms. The summed E-state index contributed by atoms with van der Waals surface area (Å²) in [5.41, 5.74) is 1.66. The summed E-state index contributed by atoms with van der Waals surface area (Å²) in [6.07, 6.45) is 0.926. The molecule has 2 heterocycles. The first-order valence-electron chi connectivity index (χ1n) is 6.88. The first-order valence-corrected chi connectivity index (χ1v) is 7.76. The molecule has 110 valence electrons. The van der Waals surface area contributed by atoms with Crippen LogP contribution in [0.5, 0.6) is 5.75 Å². The van der Waals surface area contributed by atoms with E-state index in [2.05, 4.69) is 21.7 Å². The molecule has 3 rings (SSSR count). The lowest BCUT2D eigenvalue weighted by molar-refractivity contribution is 0.0935. The highest BCUT2D eigenvalue weighted by atomic mass is 32.1. The molecule has 0 saturated heterocycles. The van der Waals surface area contributed by atoms with Crippen LogP contribution < -0.4 is 15.4 Å². The van der Waals surface area contributed by atoms with E-state index in [4.69, 9.17) is 4.74 Å². The molecule has 2 aromatic rings. The van der Waals surface area contributed by atoms with Crippen molar-refractivity contribution >= 4 is 22.4 Å². The molecule has 0 bridgehead atoms. The fourth-order valence-electron chi connectivity index (χ4n) is 2.34. The fraction of sp³-hybridized carbons (Fsp3) is 0.333. The predicted octanol–water partition coefficient (Wildman–Crippen LogP) is 2.17. The number of ether oxygens (including phenoxy) is 1. The van der Waals surface area contributed by atoms with E-state index >= 15 is 0 Å². The Bertz CT molecular complexity index is 641. The smallest absolute Gasteiger partial charge is 0.270 e. The quantitative estimate of drug-likeness (QED) is 0.908. The molecule has 1 aliphatic rings. The van der Waals surface area contributed by atoms with Crippen LogP contribution in [0.1, 0.15) is 16.1 Å². The Hall–Kier alpha value is -2.08. The largest absolute Gasteiger partial charge is 0.493 e. The molecule has 5 nitrogen and oxygen atoms in total. The third kappa shape index (κ3) is 3.16. The van der Waals surface area contributed by atoms with Crippen LogP contribution in [0.25, 0.3) is 0 Å². The van der Waals surface area contributed by atoms with Gasteiger partial charge in [-0.15, -0.1) is 11.3 Å². The van der Waals surface area contributed by atoms with E-state index in [0.29, 0.717) is 24.8 Å². The molecular formula is C15H17N3O2S. The summed E-state index contributed by atoms with van der Waals surface area (Å²) < 4.78 is 5.72. The monoisotopic (exact) mass is 303 g/mol. The lowest BCUT2D eigenvalue weighted by atomic mass is 9.97. The molecule has 21 heavy (non-hydrogen) atoms. The highest BCUT2D eigenvalue weighted by Crippen LogP contribution is 2.26. The van der Waals surface area contributed by atoms with E-state index in [1.54, 1.807) is 12.4 Å². The van der Waals surface area contributed by atoms with Crippen LogP contribution in [0, 0.1) is 5.92 Å². The summed E-state index contributed by atoms with van der Waals surface area (Å²) >= 11 is 1.42. The first-order chi connectivity index (χ1) is 10.3. The second-order valence-electron chi connectivity index (χ2n) is 4.99. The Morgan fingerprint density at radius 3 is 3.14 bits per heavy atom. The number of hydrogen-bond donors (Lipinski definition) is 2. The number of thiazole rings is 1. The number of fused-ring (bicyclic) bond motifs is 1. The number of amides is 1. The van der Waals surface area contributed by atoms with Crippen LogP contribution in [0.2, 0.25) is 0 Å². The van der Waals surface area contributed by atoms with Crippen molar-refractivity contribution in [3.8, 4) is 5.75 Å². The predicted molar refractivity (Wildman–Crippen MR) is 83.1 cm³/mol. The number of nitrogens with zero attached hydrogens (tertiary/aromatic N) is 1. The van der Waals surface area contributed by atoms with Gasteiger partial charge in [0, 0.05) is 24.9 Å². The zero-order valence-electron chi connectivity index (χ0n) is 11.8. The molecule has 1 aromatic carbocycles. The lowest BCUT2D eigenvalue weighted by Gasteiger charge is -2.25. The summed E-state index contributed by atoms with van der Waals surface area (Å²) in [7, 11) is 1.79. The summed E-state index contributed by atoms with van der Waals surface area (Å²) in [4.78, 5) is 16.2. The molecule has 2 N–H and O–H groups in total. The van der Waals surface area contributed by atoms with Gasteiger partial charge in [0.15, 0.2) is 5.13 Å². The van der Waals surface area contributed by atoms with Crippen molar-refractivity contribution in [1.82, 2.24) is 10.3 Å². The van der Waals surface area contributed by atoms with Gasteiger partial charge in [0.25, 0.3) is 5.91 Å². The van der Waals surface area contributed by atoms with E-state index in [-0.39, 0.29) is 5.91 Å². The minimum Gasteiger partial charge on any atom is -0.493 e. The molecule has 1 amide bonds. The van der Waals surface area contributed by atoms with E-state index < -0.39 is 0 Å². The minimum atomic E-state index is -0.133. The van der Waals surface area contributed by atoms with Gasteiger partial charge in [-0.2, -0.15) is 0 Å². The molecular weight excluding hydrogens is 286 g/mol. The topological polar surface area (TPSA) is 63.2 Å². The molecule has 0 saturated carbocycles. The van der Waals surface area contributed by atoms with Gasteiger partial charge in [-0.25, -0.2) is 4.98 Å². The first kappa shape index (κ1) is 13.9. The van der Waals surface area contributed by atoms with Gasteiger partial charge < -0.3 is 15.4 Å². The maximum absolute atomic E-state index is 12.0. The average molecular weight is 303 g/mol. The summed E-state index contributed by atoms with van der Waals surface area (Å²) in [6.45, 7) is 1.23. The van der Waals surface area contributed by atoms with Crippen LogP contribution in [0.4, 0.5) is 5.13 Å². The third-order valence-corrected chi connectivity index (χ3v) is 4.32. The third-order valence-electron chi connectivity index (χ3n) is 3.46. The molecule has 0 unspecified atom stereocenters. The van der Waals surface area contributed by atoms with Crippen molar-refractivity contribution in [3.63, 3.8) is 0 Å². The molecule has 1 atom stereocenters. The van der Waals surface area contributed by atoms with Crippen LogP contribution in [-0.2, 0) is 6.42 Å². The van der Waals surface area contributed by atoms with Crippen molar-refractivity contribution in [2.75, 3.05) is 25.5 Å². The number of rotatable bonds is 4. The zero-order valence-corrected chi connectivity index (χ0v) is 12.6. The Morgan fingerprint density at radius 1 is 1.48 bits per heavy atom. The minimum absolute atomic E-state index is 0.133. The summed E-state index contributed by atoms with van der Waals surface area (Å²) in [6, 6.07) is 8.04. The molecule has 1 aliphatic heterocycles.